The van der Waals surface area contributed by atoms with E-state index < -0.39 is 0 Å². The molecule has 0 spiro atoms. The van der Waals surface area contributed by atoms with Gasteiger partial charge in [-0.3, -0.25) is 4.79 Å². The Balaban J connectivity index is 2.10. The van der Waals surface area contributed by atoms with Crippen LogP contribution >= 0.6 is 23.2 Å². The zero-order valence-corrected chi connectivity index (χ0v) is 12.6. The minimum absolute atomic E-state index is 0.233. The molecule has 0 saturated carbocycles. The summed E-state index contributed by atoms with van der Waals surface area (Å²) in [6.45, 7) is 2.12. The summed E-state index contributed by atoms with van der Waals surface area (Å²) < 4.78 is 0. The molecule has 1 saturated heterocycles. The lowest BCUT2D eigenvalue weighted by Gasteiger charge is -2.37. The van der Waals surface area contributed by atoms with Crippen LogP contribution in [0.5, 0.6) is 0 Å². The fourth-order valence-electron chi connectivity index (χ4n) is 2.95. The maximum absolute atomic E-state index is 11.0. The summed E-state index contributed by atoms with van der Waals surface area (Å²) in [6, 6.07) is 8.10. The van der Waals surface area contributed by atoms with E-state index in [1.807, 2.05) is 12.1 Å². The number of likely N-dealkylation sites (tertiary alicyclic amines) is 1. The molecule has 2 atom stereocenters. The van der Waals surface area contributed by atoms with E-state index in [0.717, 1.165) is 31.0 Å². The monoisotopic (exact) mass is 299 g/mol. The molecule has 0 amide bonds. The molecule has 1 aliphatic heterocycles. The molecule has 1 fully saturated rings. The summed E-state index contributed by atoms with van der Waals surface area (Å²) in [7, 11) is 2.13. The van der Waals surface area contributed by atoms with Gasteiger partial charge in [0, 0.05) is 18.0 Å². The second kappa shape index (κ2) is 6.74. The number of rotatable bonds is 4. The highest BCUT2D eigenvalue weighted by Crippen LogP contribution is 2.35. The van der Waals surface area contributed by atoms with Crippen LogP contribution in [0.25, 0.3) is 0 Å². The third-order valence-electron chi connectivity index (χ3n) is 3.95. The van der Waals surface area contributed by atoms with Gasteiger partial charge in [0.15, 0.2) is 0 Å². The van der Waals surface area contributed by atoms with Gasteiger partial charge in [0.05, 0.1) is 0 Å². The van der Waals surface area contributed by atoms with Gasteiger partial charge in [-0.25, -0.2) is 0 Å². The van der Waals surface area contributed by atoms with E-state index in [4.69, 9.17) is 23.2 Å². The van der Waals surface area contributed by atoms with Gasteiger partial charge in [0.25, 0.3) is 0 Å². The third kappa shape index (κ3) is 4.20. The molecule has 4 heteroatoms. The predicted molar refractivity (Wildman–Crippen MR) is 79.9 cm³/mol. The molecule has 1 aromatic rings. The molecule has 0 unspecified atom stereocenters. The highest BCUT2D eigenvalue weighted by atomic mass is 35.5. The van der Waals surface area contributed by atoms with E-state index in [9.17, 15) is 4.79 Å². The second-order valence-corrected chi connectivity index (χ2v) is 6.22. The van der Waals surface area contributed by atoms with E-state index in [2.05, 4.69) is 24.1 Å². The van der Waals surface area contributed by atoms with Crippen LogP contribution in [-0.4, -0.2) is 30.3 Å². The summed E-state index contributed by atoms with van der Waals surface area (Å²) in [5.41, 5.74) is 1.32. The molecular formula is C15H19Cl2NO. The van der Waals surface area contributed by atoms with E-state index >= 15 is 0 Å². The Morgan fingerprint density at radius 3 is 2.68 bits per heavy atom. The molecule has 2 rings (SSSR count). The zero-order chi connectivity index (χ0) is 13.8. The van der Waals surface area contributed by atoms with Gasteiger partial charge in [-0.15, -0.1) is 0 Å². The van der Waals surface area contributed by atoms with Gasteiger partial charge >= 0.3 is 0 Å². The fourth-order valence-corrected chi connectivity index (χ4v) is 3.19. The van der Waals surface area contributed by atoms with Gasteiger partial charge in [-0.1, -0.05) is 23.7 Å². The molecule has 0 bridgehead atoms. The molecule has 0 aliphatic carbocycles. The minimum atomic E-state index is -0.233. The van der Waals surface area contributed by atoms with Crippen LogP contribution < -0.4 is 0 Å². The highest BCUT2D eigenvalue weighted by molar-refractivity contribution is 6.63. The van der Waals surface area contributed by atoms with E-state index in [1.165, 1.54) is 5.56 Å². The summed E-state index contributed by atoms with van der Waals surface area (Å²) in [6.07, 6.45) is 2.45. The quantitative estimate of drug-likeness (QED) is 0.786. The lowest BCUT2D eigenvalue weighted by atomic mass is 9.78. The van der Waals surface area contributed by atoms with E-state index in [1.54, 1.807) is 0 Å². The van der Waals surface area contributed by atoms with Crippen molar-refractivity contribution in [2.24, 2.45) is 5.92 Å². The lowest BCUT2D eigenvalue weighted by molar-refractivity contribution is -0.112. The number of halogens is 2. The van der Waals surface area contributed by atoms with Gasteiger partial charge < -0.3 is 4.90 Å². The van der Waals surface area contributed by atoms with Gasteiger partial charge in [0.2, 0.25) is 5.24 Å². The predicted octanol–water partition coefficient (Wildman–Crippen LogP) is 3.92. The molecule has 1 heterocycles. The van der Waals surface area contributed by atoms with Crippen LogP contribution in [0.4, 0.5) is 0 Å². The van der Waals surface area contributed by atoms with Crippen molar-refractivity contribution in [3.05, 3.63) is 34.9 Å². The maximum atomic E-state index is 11.0. The third-order valence-corrected chi connectivity index (χ3v) is 4.39. The van der Waals surface area contributed by atoms with Crippen molar-refractivity contribution < 1.29 is 4.79 Å². The average Bonchev–Trinajstić information content (AvgIpc) is 2.38. The summed E-state index contributed by atoms with van der Waals surface area (Å²) in [5.74, 6) is 0.993. The van der Waals surface area contributed by atoms with Crippen LogP contribution in [0, 0.1) is 5.92 Å². The van der Waals surface area contributed by atoms with Gasteiger partial charge in [0.1, 0.15) is 0 Å². The van der Waals surface area contributed by atoms with Crippen molar-refractivity contribution in [2.75, 3.05) is 20.1 Å². The van der Waals surface area contributed by atoms with Crippen molar-refractivity contribution >= 4 is 28.4 Å². The number of benzene rings is 1. The van der Waals surface area contributed by atoms with Crippen molar-refractivity contribution in [1.82, 2.24) is 4.90 Å². The Hall–Kier alpha value is -0.570. The Morgan fingerprint density at radius 2 is 2.05 bits per heavy atom. The molecular weight excluding hydrogens is 281 g/mol. The van der Waals surface area contributed by atoms with Gasteiger partial charge in [-0.2, -0.15) is 0 Å². The highest BCUT2D eigenvalue weighted by Gasteiger charge is 2.28. The normalized spacial score (nSPS) is 24.4. The van der Waals surface area contributed by atoms with Crippen LogP contribution in [0.3, 0.4) is 0 Å². The first-order valence-electron chi connectivity index (χ1n) is 6.68. The molecule has 0 aromatic heterocycles. The first-order valence-corrected chi connectivity index (χ1v) is 7.44. The second-order valence-electron chi connectivity index (χ2n) is 5.36. The van der Waals surface area contributed by atoms with Crippen molar-refractivity contribution in [3.8, 4) is 0 Å². The first-order chi connectivity index (χ1) is 9.06. The summed E-state index contributed by atoms with van der Waals surface area (Å²) in [4.78, 5) is 13.3. The van der Waals surface area contributed by atoms with Crippen LogP contribution in [-0.2, 0) is 4.79 Å². The fraction of sp³-hybridized carbons (Fsp3) is 0.533. The molecule has 19 heavy (non-hydrogen) atoms. The van der Waals surface area contributed by atoms with Crippen molar-refractivity contribution in [3.63, 3.8) is 0 Å². The number of nitrogens with zero attached hydrogens (tertiary/aromatic N) is 1. The molecule has 0 N–H and O–H groups in total. The van der Waals surface area contributed by atoms with Crippen LogP contribution in [0.2, 0.25) is 5.02 Å². The van der Waals surface area contributed by atoms with E-state index in [-0.39, 0.29) is 5.24 Å². The molecule has 104 valence electrons. The van der Waals surface area contributed by atoms with Gasteiger partial charge in [-0.05, 0) is 67.6 Å². The lowest BCUT2D eigenvalue weighted by Crippen LogP contribution is -2.37. The number of hydrogen-bond acceptors (Lipinski definition) is 2. The standard InChI is InChI=1S/C15H19Cl2NO/c1-18-9-8-14(11-2-5-13(16)6-3-11)12(10-18)4-7-15(17)19/h2-3,5-6,12,14H,4,7-10H2,1H3/t12-,14+/m0/s1. The SMILES string of the molecule is CN1CC[C@H](c2ccc(Cl)cc2)[C@@H](CCC(=O)Cl)C1. The topological polar surface area (TPSA) is 20.3 Å². The number of piperidine rings is 1. The Morgan fingerprint density at radius 1 is 1.37 bits per heavy atom. The largest absolute Gasteiger partial charge is 0.306 e. The smallest absolute Gasteiger partial charge is 0.221 e. The maximum Gasteiger partial charge on any atom is 0.221 e. The van der Waals surface area contributed by atoms with Crippen LogP contribution in [0.15, 0.2) is 24.3 Å². The summed E-state index contributed by atoms with van der Waals surface area (Å²) >= 11 is 11.4. The Labute approximate surface area is 124 Å². The number of hydrogen-bond donors (Lipinski definition) is 0. The average molecular weight is 300 g/mol. The zero-order valence-electron chi connectivity index (χ0n) is 11.1. The molecule has 1 aromatic carbocycles. The number of carbonyl (C=O) groups excluding carboxylic acids is 1. The summed E-state index contributed by atoms with van der Waals surface area (Å²) in [5, 5.41) is 0.534. The van der Waals surface area contributed by atoms with Crippen LogP contribution in [0.1, 0.15) is 30.7 Å². The molecule has 2 nitrogen and oxygen atoms in total. The Bertz CT molecular complexity index is 432. The molecule has 0 radical (unpaired) electrons. The number of carbonyl (C=O) groups is 1. The minimum Gasteiger partial charge on any atom is -0.306 e. The first kappa shape index (κ1) is 14.8. The van der Waals surface area contributed by atoms with E-state index in [0.29, 0.717) is 18.3 Å². The Kier molecular flexibility index (Phi) is 5.26. The van der Waals surface area contributed by atoms with Crippen molar-refractivity contribution in [2.45, 2.75) is 25.2 Å². The molecule has 1 aliphatic rings. The van der Waals surface area contributed by atoms with Crippen molar-refractivity contribution in [1.29, 1.82) is 0 Å².